The lowest BCUT2D eigenvalue weighted by Gasteiger charge is -2.31. The SMILES string of the molecule is C=Cc1ccccc1N(C(F)(F)C(=C)F)S(=O)(=O)c1ccccc1. The van der Waals surface area contributed by atoms with Crippen molar-refractivity contribution < 1.29 is 21.6 Å². The number of halogens is 3. The van der Waals surface area contributed by atoms with Crippen LogP contribution >= 0.6 is 0 Å². The number of alkyl halides is 2. The number of para-hydroxylation sites is 1. The molecule has 0 fully saturated rings. The quantitative estimate of drug-likeness (QED) is 0.712. The second-order valence-electron chi connectivity index (χ2n) is 4.79. The second kappa shape index (κ2) is 6.52. The molecular formula is C17H14F3NO2S. The van der Waals surface area contributed by atoms with E-state index in [-0.39, 0.29) is 9.87 Å². The molecule has 7 heteroatoms. The van der Waals surface area contributed by atoms with Gasteiger partial charge in [-0.2, -0.15) is 13.1 Å². The molecule has 0 saturated heterocycles. The third kappa shape index (κ3) is 3.07. The van der Waals surface area contributed by atoms with Gasteiger partial charge in [0.1, 0.15) is 0 Å². The number of nitrogens with zero attached hydrogens (tertiary/aromatic N) is 1. The predicted octanol–water partition coefficient (Wildman–Crippen LogP) is 4.60. The van der Waals surface area contributed by atoms with Gasteiger partial charge in [-0.05, 0) is 23.8 Å². The molecule has 0 N–H and O–H groups in total. The molecule has 2 aromatic carbocycles. The Bertz CT molecular complexity index is 864. The molecule has 0 unspecified atom stereocenters. The summed E-state index contributed by atoms with van der Waals surface area (Å²) in [5.74, 6) is -2.08. The van der Waals surface area contributed by atoms with E-state index < -0.39 is 32.5 Å². The highest BCUT2D eigenvalue weighted by molar-refractivity contribution is 7.93. The predicted molar refractivity (Wildman–Crippen MR) is 87.8 cm³/mol. The Hall–Kier alpha value is -2.54. The monoisotopic (exact) mass is 353 g/mol. The van der Waals surface area contributed by atoms with Crippen molar-refractivity contribution in [1.29, 1.82) is 0 Å². The molecule has 126 valence electrons. The van der Waals surface area contributed by atoms with Crippen LogP contribution in [0.2, 0.25) is 0 Å². The number of hydrogen-bond donors (Lipinski definition) is 0. The fourth-order valence-corrected chi connectivity index (χ4v) is 3.62. The lowest BCUT2D eigenvalue weighted by Crippen LogP contribution is -2.46. The molecule has 0 radical (unpaired) electrons. The first-order valence-electron chi connectivity index (χ1n) is 6.77. The molecule has 0 spiro atoms. The maximum absolute atomic E-state index is 14.4. The Morgan fingerprint density at radius 2 is 1.58 bits per heavy atom. The number of hydrogen-bond acceptors (Lipinski definition) is 2. The highest BCUT2D eigenvalue weighted by Gasteiger charge is 2.49. The number of rotatable bonds is 6. The van der Waals surface area contributed by atoms with E-state index in [1.54, 1.807) is 0 Å². The minimum absolute atomic E-state index is 0.109. The first-order valence-corrected chi connectivity index (χ1v) is 8.21. The van der Waals surface area contributed by atoms with Gasteiger partial charge in [0.15, 0.2) is 5.83 Å². The average Bonchev–Trinajstić information content (AvgIpc) is 2.55. The zero-order chi connectivity index (χ0) is 18.0. The van der Waals surface area contributed by atoms with Crippen LogP contribution in [0.4, 0.5) is 18.9 Å². The van der Waals surface area contributed by atoms with Crippen LogP contribution in [0.15, 0.2) is 78.5 Å². The Labute approximate surface area is 138 Å². The maximum Gasteiger partial charge on any atom is 0.390 e. The van der Waals surface area contributed by atoms with E-state index in [1.165, 1.54) is 42.5 Å². The topological polar surface area (TPSA) is 37.4 Å². The summed E-state index contributed by atoms with van der Waals surface area (Å²) in [6, 6.07) is 7.57. The van der Waals surface area contributed by atoms with E-state index in [9.17, 15) is 21.6 Å². The van der Waals surface area contributed by atoms with E-state index in [1.807, 2.05) is 0 Å². The average molecular weight is 353 g/mol. The Morgan fingerprint density at radius 1 is 1.04 bits per heavy atom. The lowest BCUT2D eigenvalue weighted by atomic mass is 10.1. The van der Waals surface area contributed by atoms with Gasteiger partial charge in [-0.15, -0.1) is 0 Å². The van der Waals surface area contributed by atoms with E-state index >= 15 is 0 Å². The summed E-state index contributed by atoms with van der Waals surface area (Å²) in [5.41, 5.74) is -0.293. The van der Waals surface area contributed by atoms with Gasteiger partial charge in [-0.25, -0.2) is 12.8 Å². The van der Waals surface area contributed by atoms with Crippen LogP contribution in [0.3, 0.4) is 0 Å². The molecule has 0 aromatic heterocycles. The van der Waals surface area contributed by atoms with Crippen LogP contribution in [0, 0.1) is 0 Å². The minimum Gasteiger partial charge on any atom is -0.203 e. The van der Waals surface area contributed by atoms with Crippen LogP contribution < -0.4 is 4.31 Å². The van der Waals surface area contributed by atoms with Gasteiger partial charge < -0.3 is 0 Å². The molecule has 0 aliphatic rings. The van der Waals surface area contributed by atoms with Crippen molar-refractivity contribution >= 4 is 21.8 Å². The van der Waals surface area contributed by atoms with Crippen LogP contribution in [-0.4, -0.2) is 14.5 Å². The standard InChI is InChI=1S/C17H14F3NO2S/c1-3-14-9-7-8-12-16(14)21(17(19,20)13(2)18)24(22,23)15-10-5-4-6-11-15/h3-12H,1-2H2. The Balaban J connectivity index is 2.79. The molecule has 0 aliphatic carbocycles. The summed E-state index contributed by atoms with van der Waals surface area (Å²) in [6.07, 6.45) is 1.21. The summed E-state index contributed by atoms with van der Waals surface area (Å²) in [4.78, 5) is -0.398. The Kier molecular flexibility index (Phi) is 4.84. The van der Waals surface area contributed by atoms with Crippen LogP contribution in [0.25, 0.3) is 6.08 Å². The smallest absolute Gasteiger partial charge is 0.203 e. The maximum atomic E-state index is 14.4. The van der Waals surface area contributed by atoms with E-state index in [2.05, 4.69) is 13.2 Å². The molecule has 24 heavy (non-hydrogen) atoms. The number of sulfonamides is 1. The van der Waals surface area contributed by atoms with Gasteiger partial charge in [-0.3, -0.25) is 0 Å². The summed E-state index contributed by atoms with van der Waals surface area (Å²) in [6.45, 7) is 6.06. The van der Waals surface area contributed by atoms with Crippen molar-refractivity contribution in [3.05, 3.63) is 79.1 Å². The molecule has 0 saturated carbocycles. The lowest BCUT2D eigenvalue weighted by molar-refractivity contribution is 0.0319. The van der Waals surface area contributed by atoms with Gasteiger partial charge in [0.2, 0.25) is 0 Å². The molecule has 0 aliphatic heterocycles. The van der Waals surface area contributed by atoms with Gasteiger partial charge in [-0.1, -0.05) is 55.6 Å². The third-order valence-electron chi connectivity index (χ3n) is 3.24. The van der Waals surface area contributed by atoms with E-state index in [0.29, 0.717) is 0 Å². The summed E-state index contributed by atoms with van der Waals surface area (Å²) < 4.78 is 67.5. The van der Waals surface area contributed by atoms with Gasteiger partial charge in [0.25, 0.3) is 10.0 Å². The Morgan fingerprint density at radius 3 is 2.12 bits per heavy atom. The molecule has 2 aromatic rings. The number of benzene rings is 2. The molecule has 0 bridgehead atoms. The van der Waals surface area contributed by atoms with E-state index in [4.69, 9.17) is 0 Å². The van der Waals surface area contributed by atoms with Crippen LogP contribution in [0.1, 0.15) is 5.56 Å². The molecule has 0 amide bonds. The molecule has 0 heterocycles. The van der Waals surface area contributed by atoms with Crippen LogP contribution in [-0.2, 0) is 10.0 Å². The van der Waals surface area contributed by atoms with Crippen molar-refractivity contribution in [3.63, 3.8) is 0 Å². The summed E-state index contributed by atoms with van der Waals surface area (Å²) >= 11 is 0. The summed E-state index contributed by atoms with van der Waals surface area (Å²) in [7, 11) is -4.75. The largest absolute Gasteiger partial charge is 0.390 e. The summed E-state index contributed by atoms with van der Waals surface area (Å²) in [5, 5.41) is 0. The molecular weight excluding hydrogens is 339 g/mol. The van der Waals surface area contributed by atoms with Crippen molar-refractivity contribution in [2.45, 2.75) is 10.9 Å². The third-order valence-corrected chi connectivity index (χ3v) is 5.01. The van der Waals surface area contributed by atoms with Gasteiger partial charge >= 0.3 is 6.05 Å². The fraction of sp³-hybridized carbons (Fsp3) is 0.0588. The zero-order valence-electron chi connectivity index (χ0n) is 12.5. The highest BCUT2D eigenvalue weighted by Crippen LogP contribution is 2.39. The molecule has 3 nitrogen and oxygen atoms in total. The van der Waals surface area contributed by atoms with Crippen molar-refractivity contribution in [1.82, 2.24) is 0 Å². The van der Waals surface area contributed by atoms with Gasteiger partial charge in [0.05, 0.1) is 10.6 Å². The van der Waals surface area contributed by atoms with Crippen molar-refractivity contribution in [2.24, 2.45) is 0 Å². The van der Waals surface area contributed by atoms with E-state index in [0.717, 1.165) is 18.2 Å². The minimum atomic E-state index is -4.75. The second-order valence-corrected chi connectivity index (χ2v) is 6.58. The van der Waals surface area contributed by atoms with Crippen LogP contribution in [0.5, 0.6) is 0 Å². The van der Waals surface area contributed by atoms with Crippen molar-refractivity contribution in [2.75, 3.05) is 4.31 Å². The zero-order valence-corrected chi connectivity index (χ0v) is 13.3. The van der Waals surface area contributed by atoms with Gasteiger partial charge in [0, 0.05) is 0 Å². The highest BCUT2D eigenvalue weighted by atomic mass is 32.2. The normalized spacial score (nSPS) is 11.8. The fourth-order valence-electron chi connectivity index (χ4n) is 2.08. The first-order chi connectivity index (χ1) is 11.2. The molecule has 0 atom stereocenters. The van der Waals surface area contributed by atoms with Crippen molar-refractivity contribution in [3.8, 4) is 0 Å². The number of anilines is 1. The first kappa shape index (κ1) is 17.8. The molecule has 2 rings (SSSR count).